The quantitative estimate of drug-likeness (QED) is 0.0355. The fourth-order valence-corrected chi connectivity index (χ4v) is 14.5. The van der Waals surface area contributed by atoms with Crippen LogP contribution in [-0.4, -0.2) is 109 Å². The molecule has 0 radical (unpaired) electrons. The van der Waals surface area contributed by atoms with Gasteiger partial charge in [0.15, 0.2) is 34.3 Å². The Bertz CT molecular complexity index is 4680. The molecule has 552 valence electrons. The van der Waals surface area contributed by atoms with Crippen LogP contribution in [0.15, 0.2) is 255 Å². The summed E-state index contributed by atoms with van der Waals surface area (Å²) in [6.45, 7) is 0.723. The van der Waals surface area contributed by atoms with Crippen LogP contribution >= 0.6 is 23.2 Å². The molecule has 10 aromatic rings. The molecular formula is C87H86Cl2F2O15. The van der Waals surface area contributed by atoms with E-state index in [0.717, 1.165) is 12.1 Å². The van der Waals surface area contributed by atoms with Crippen LogP contribution in [0.1, 0.15) is 86.1 Å². The number of fused-ring (bicyclic) bond motifs is 2. The highest BCUT2D eigenvalue weighted by atomic mass is 35.5. The maximum absolute atomic E-state index is 16.0. The Morgan fingerprint density at radius 3 is 1.23 bits per heavy atom. The third kappa shape index (κ3) is 16.4. The van der Waals surface area contributed by atoms with Gasteiger partial charge in [-0.2, -0.15) is 0 Å². The largest absolute Gasteiger partial charge is 0.491 e. The molecule has 0 spiro atoms. The number of halogens is 4. The summed E-state index contributed by atoms with van der Waals surface area (Å²) in [6.07, 6.45) is -19.5. The number of hydrogen-bond donors (Lipinski definition) is 3. The van der Waals surface area contributed by atoms with Crippen LogP contribution in [0, 0.1) is 11.6 Å². The van der Waals surface area contributed by atoms with Gasteiger partial charge in [-0.3, -0.25) is 0 Å². The van der Waals surface area contributed by atoms with E-state index in [1.54, 1.807) is 19.9 Å². The van der Waals surface area contributed by atoms with Crippen molar-refractivity contribution in [3.8, 4) is 11.5 Å². The Balaban J connectivity index is 1.04. The van der Waals surface area contributed by atoms with E-state index in [2.05, 4.69) is 0 Å². The van der Waals surface area contributed by atoms with Crippen LogP contribution in [0.25, 0.3) is 0 Å². The minimum absolute atomic E-state index is 0.0272. The molecule has 13 rings (SSSR count). The lowest BCUT2D eigenvalue weighted by Crippen LogP contribution is -2.79. The van der Waals surface area contributed by atoms with Gasteiger partial charge in [0.1, 0.15) is 48.8 Å². The molecule has 10 aromatic carbocycles. The summed E-state index contributed by atoms with van der Waals surface area (Å²) in [6, 6.07) is 71.3. The van der Waals surface area contributed by atoms with E-state index >= 15 is 8.78 Å². The molecule has 0 saturated carbocycles. The van der Waals surface area contributed by atoms with Crippen molar-refractivity contribution in [3.05, 3.63) is 343 Å². The second kappa shape index (κ2) is 34.7. The second-order valence-electron chi connectivity index (χ2n) is 26.2. The average Bonchev–Trinajstić information content (AvgIpc) is 1.40. The Morgan fingerprint density at radius 2 is 0.821 bits per heavy atom. The molecule has 3 heterocycles. The van der Waals surface area contributed by atoms with E-state index in [-0.39, 0.29) is 108 Å². The fraction of sp³-hybridized carbons (Fsp3) is 0.310. The van der Waals surface area contributed by atoms with Gasteiger partial charge < -0.3 is 72.2 Å². The Kier molecular flexibility index (Phi) is 23.2. The molecule has 19 heteroatoms. The van der Waals surface area contributed by atoms with Gasteiger partial charge in [0.2, 0.25) is 11.6 Å². The molecule has 106 heavy (non-hydrogen) atoms. The van der Waals surface area contributed by atoms with Crippen LogP contribution < -0.4 is 9.47 Å². The number of aliphatic hydroxyl groups excluding tert-OH is 3. The maximum Gasteiger partial charge on any atom is 0.225 e. The Morgan fingerprint density at radius 1 is 0.443 bits per heavy atom. The summed E-state index contributed by atoms with van der Waals surface area (Å²) in [7, 11) is 1.29. The van der Waals surface area contributed by atoms with Crippen LogP contribution in [0.3, 0.4) is 0 Å². The summed E-state index contributed by atoms with van der Waals surface area (Å²) >= 11 is 14.3. The van der Waals surface area contributed by atoms with Crippen molar-refractivity contribution in [2.45, 2.75) is 138 Å². The average molecular weight is 1480 g/mol. The molecule has 0 aliphatic carbocycles. The fourth-order valence-electron chi connectivity index (χ4n) is 14.1. The summed E-state index contributed by atoms with van der Waals surface area (Å²) in [5.41, 5.74) is -1.79. The number of benzene rings is 10. The molecule has 0 amide bonds. The summed E-state index contributed by atoms with van der Waals surface area (Å²) in [5, 5.41) is 42.3. The third-order valence-corrected chi connectivity index (χ3v) is 20.0. The number of methoxy groups -OCH3 is 1. The smallest absolute Gasteiger partial charge is 0.225 e. The van der Waals surface area contributed by atoms with Gasteiger partial charge >= 0.3 is 0 Å². The van der Waals surface area contributed by atoms with E-state index in [1.807, 2.05) is 182 Å². The third-order valence-electron chi connectivity index (χ3n) is 19.4. The number of hydrogen-bond acceptors (Lipinski definition) is 15. The molecule has 15 nitrogen and oxygen atoms in total. The lowest BCUT2D eigenvalue weighted by Gasteiger charge is -2.60. The van der Waals surface area contributed by atoms with Gasteiger partial charge in [0.05, 0.1) is 66.1 Å². The van der Waals surface area contributed by atoms with E-state index in [9.17, 15) is 20.8 Å². The molecule has 3 unspecified atom stereocenters. The molecule has 12 atom stereocenters. The highest BCUT2D eigenvalue weighted by molar-refractivity contribution is 6.31. The topological polar surface area (TPSA) is 171 Å². The SMILES string of the molecule is [2H]C([2H])(c1ccc(OCC)c(F)c1)c1cc([C@]23OC[C@@](C(O)C(O)C4(CO)O[C@@](OC)(c5ccc(Cl)c(C([2H])([2H])c6ccc(OCC)c(F)c6)c5)[C@H](OCc5ccccc5)[C@@H](OCc5ccccc5)[C@H]4OCc4ccccc4)(O2)[C@H](OCc2ccccc2)[C@H](OCc2ccccc2)[C@H]3OCc2ccccc2)ccc1Cl. The van der Waals surface area contributed by atoms with Crippen LogP contribution in [0.4, 0.5) is 8.78 Å². The lowest BCUT2D eigenvalue weighted by atomic mass is 9.71. The van der Waals surface area contributed by atoms with Gasteiger partial charge in [-0.25, -0.2) is 8.78 Å². The normalized spacial score (nSPS) is 24.8. The van der Waals surface area contributed by atoms with Crippen molar-refractivity contribution in [1.29, 1.82) is 0 Å². The molecule has 3 aliphatic rings. The number of rotatable bonds is 33. The van der Waals surface area contributed by atoms with Crippen molar-refractivity contribution < 1.29 is 86.4 Å². The minimum atomic E-state index is -2.76. The molecule has 2 bridgehead atoms. The summed E-state index contributed by atoms with van der Waals surface area (Å²) in [4.78, 5) is 0. The molecule has 3 N–H and O–H groups in total. The number of aliphatic hydroxyl groups is 3. The standard InChI is InChI=1S/C87H86Cl2F2O15/c1-4-96-74-42-36-64(46-72(74)90)44-66-48-68(38-40-70(66)88)86(95-3)82(102-54-62-32-20-10-21-33-62)76(98-50-58-24-12-6-13-25-58)80(100-52-60-28-16-8-17-29-60)84(56-92,105-86)78(93)79(94)85-57-104-87(106-85,69-39-41-71(89)67(49-69)45-65-37-43-75(97-5-2)73(91)47-65)83(103-55-63-34-22-11-23-35-63)77(99-51-59-26-14-7-15-27-59)81(85)101-53-61-30-18-9-19-31-61/h6-43,46-49,76-83,92-94H,4-5,44-45,50-57H2,1-3H3/t76-,77-,78?,79?,80+,81+,82+,83+,84?,85-,86-,87-/m0/s1/i44D2,45D2. The van der Waals surface area contributed by atoms with Gasteiger partial charge in [-0.1, -0.05) is 229 Å². The first kappa shape index (κ1) is 70.7. The molecule has 3 aliphatic heterocycles. The summed E-state index contributed by atoms with van der Waals surface area (Å²) < 4.78 is 155. The highest BCUT2D eigenvalue weighted by Crippen LogP contribution is 2.58. The first-order valence-electron chi connectivity index (χ1n) is 37.2. The van der Waals surface area contributed by atoms with E-state index < -0.39 is 109 Å². The van der Waals surface area contributed by atoms with Crippen molar-refractivity contribution in [1.82, 2.24) is 0 Å². The van der Waals surface area contributed by atoms with Crippen molar-refractivity contribution in [2.24, 2.45) is 0 Å². The zero-order valence-electron chi connectivity index (χ0n) is 62.7. The predicted molar refractivity (Wildman–Crippen MR) is 397 cm³/mol. The molecule has 3 saturated heterocycles. The van der Waals surface area contributed by atoms with Crippen molar-refractivity contribution >= 4 is 23.2 Å². The van der Waals surface area contributed by atoms with Crippen LogP contribution in [0.2, 0.25) is 10.0 Å². The first-order valence-corrected chi connectivity index (χ1v) is 36.0. The zero-order valence-corrected chi connectivity index (χ0v) is 60.2. The van der Waals surface area contributed by atoms with E-state index in [4.69, 9.17) is 80.0 Å². The zero-order chi connectivity index (χ0) is 77.3. The van der Waals surface area contributed by atoms with Crippen LogP contribution in [0.5, 0.6) is 11.5 Å². The lowest BCUT2D eigenvalue weighted by molar-refractivity contribution is -0.434. The van der Waals surface area contributed by atoms with Gasteiger partial charge in [-0.05, 0) is 131 Å². The van der Waals surface area contributed by atoms with Gasteiger partial charge in [-0.15, -0.1) is 0 Å². The summed E-state index contributed by atoms with van der Waals surface area (Å²) in [5.74, 6) is -6.68. The van der Waals surface area contributed by atoms with Crippen LogP contribution in [-0.2, 0) is 111 Å². The van der Waals surface area contributed by atoms with Crippen molar-refractivity contribution in [3.63, 3.8) is 0 Å². The second-order valence-corrected chi connectivity index (χ2v) is 27.0. The Labute approximate surface area is 632 Å². The molecule has 3 fully saturated rings. The minimum Gasteiger partial charge on any atom is -0.491 e. The van der Waals surface area contributed by atoms with E-state index in [0.29, 0.717) is 33.4 Å². The number of ether oxygens (including phenoxy) is 12. The predicted octanol–water partition coefficient (Wildman–Crippen LogP) is 15.7. The van der Waals surface area contributed by atoms with Gasteiger partial charge in [0, 0.05) is 33.8 Å². The van der Waals surface area contributed by atoms with Crippen molar-refractivity contribution in [2.75, 3.05) is 33.5 Å². The van der Waals surface area contributed by atoms with E-state index in [1.165, 1.54) is 61.7 Å². The maximum atomic E-state index is 16.0. The molecular weight excluding hydrogens is 1390 g/mol. The van der Waals surface area contributed by atoms with Gasteiger partial charge in [0.25, 0.3) is 0 Å². The highest BCUT2D eigenvalue weighted by Gasteiger charge is 2.76. The Hall–Kier alpha value is -8.28. The first-order chi connectivity index (χ1) is 53.2. The molecule has 0 aromatic heterocycles. The monoisotopic (exact) mass is 1480 g/mol.